The number of aromatic nitrogens is 2. The number of aryl methyl sites for hydroxylation is 1. The maximum atomic E-state index is 14.4. The van der Waals surface area contributed by atoms with Gasteiger partial charge in [-0.1, -0.05) is 12.1 Å². The molecule has 38 heavy (non-hydrogen) atoms. The molecule has 0 radical (unpaired) electrons. The fourth-order valence-corrected chi connectivity index (χ4v) is 7.25. The molecule has 0 saturated carbocycles. The Morgan fingerprint density at radius 1 is 1.03 bits per heavy atom. The van der Waals surface area contributed by atoms with E-state index in [0.29, 0.717) is 0 Å². The standard InChI is InChI=1S/C32H37N3O2S/c1-32(2,3)35-14-6-5-9-24-28(21-11-16-38-17-12-21)29-26-19-25(23-8-7-13-33-20-23)27(37-4)18-22(26)10-15-34(29)30(24)31(35)36/h7-8,11,13,18-20H,5-6,9-10,12,14-17H2,1-4H3. The van der Waals surface area contributed by atoms with Gasteiger partial charge in [-0.2, -0.15) is 11.8 Å². The zero-order valence-corrected chi connectivity index (χ0v) is 23.8. The quantitative estimate of drug-likeness (QED) is 0.373. The third-order valence-corrected chi connectivity index (χ3v) is 9.12. The lowest BCUT2D eigenvalue weighted by Crippen LogP contribution is -2.47. The van der Waals surface area contributed by atoms with Crippen molar-refractivity contribution in [3.63, 3.8) is 0 Å². The van der Waals surface area contributed by atoms with Crippen LogP contribution >= 0.6 is 11.8 Å². The lowest BCUT2D eigenvalue weighted by atomic mass is 9.87. The predicted molar refractivity (Wildman–Crippen MR) is 157 cm³/mol. The third kappa shape index (κ3) is 4.27. The minimum Gasteiger partial charge on any atom is -0.496 e. The number of hydrogen-bond acceptors (Lipinski definition) is 4. The summed E-state index contributed by atoms with van der Waals surface area (Å²) in [5, 5.41) is 0. The normalized spacial score (nSPS) is 17.6. The summed E-state index contributed by atoms with van der Waals surface area (Å²) in [7, 11) is 1.74. The van der Waals surface area contributed by atoms with Crippen LogP contribution in [0.15, 0.2) is 42.7 Å². The van der Waals surface area contributed by atoms with Gasteiger partial charge in [-0.3, -0.25) is 9.78 Å². The Kier molecular flexibility index (Phi) is 6.63. The molecule has 1 amide bonds. The topological polar surface area (TPSA) is 47.4 Å². The first-order chi connectivity index (χ1) is 18.4. The highest BCUT2D eigenvalue weighted by molar-refractivity contribution is 7.99. The van der Waals surface area contributed by atoms with Gasteiger partial charge in [0.1, 0.15) is 11.4 Å². The van der Waals surface area contributed by atoms with Gasteiger partial charge in [0.25, 0.3) is 5.91 Å². The van der Waals surface area contributed by atoms with Crippen LogP contribution in [0, 0.1) is 0 Å². The third-order valence-electron chi connectivity index (χ3n) is 8.22. The Bertz CT molecular complexity index is 1410. The Hall–Kier alpha value is -2.99. The molecule has 0 atom stereocenters. The first-order valence-corrected chi connectivity index (χ1v) is 15.0. The van der Waals surface area contributed by atoms with Crippen molar-refractivity contribution < 1.29 is 9.53 Å². The molecule has 0 bridgehead atoms. The molecule has 2 aromatic heterocycles. The molecule has 0 unspecified atom stereocenters. The van der Waals surface area contributed by atoms with E-state index in [0.717, 1.165) is 79.3 Å². The molecule has 6 heteroatoms. The van der Waals surface area contributed by atoms with Crippen molar-refractivity contribution in [2.45, 2.75) is 65.0 Å². The van der Waals surface area contributed by atoms with E-state index in [4.69, 9.17) is 4.74 Å². The molecule has 1 aromatic carbocycles. The van der Waals surface area contributed by atoms with Gasteiger partial charge in [0.2, 0.25) is 0 Å². The van der Waals surface area contributed by atoms with Gasteiger partial charge in [-0.05, 0) is 93.5 Å². The van der Waals surface area contributed by atoms with Crippen LogP contribution in [0.4, 0.5) is 0 Å². The molecule has 5 nitrogen and oxygen atoms in total. The van der Waals surface area contributed by atoms with Crippen molar-refractivity contribution in [1.29, 1.82) is 0 Å². The molecular weight excluding hydrogens is 490 g/mol. The van der Waals surface area contributed by atoms with E-state index in [1.807, 2.05) is 24.0 Å². The maximum absolute atomic E-state index is 14.4. The van der Waals surface area contributed by atoms with Crippen molar-refractivity contribution in [3.8, 4) is 28.1 Å². The Morgan fingerprint density at radius 2 is 1.89 bits per heavy atom. The Morgan fingerprint density at radius 3 is 2.61 bits per heavy atom. The van der Waals surface area contributed by atoms with Crippen LogP contribution in [0.25, 0.3) is 28.0 Å². The van der Waals surface area contributed by atoms with Crippen molar-refractivity contribution in [1.82, 2.24) is 14.5 Å². The van der Waals surface area contributed by atoms with Crippen molar-refractivity contribution in [2.24, 2.45) is 0 Å². The SMILES string of the molecule is COc1cc2c(cc1-c1cccnc1)-c1c(C3=CCSCC3)c3c(n1CC2)C(=O)N(C(C)(C)C)CCCC3. The average Bonchev–Trinajstić information content (AvgIpc) is 3.25. The average molecular weight is 528 g/mol. The van der Waals surface area contributed by atoms with Crippen LogP contribution in [-0.2, 0) is 19.4 Å². The van der Waals surface area contributed by atoms with Gasteiger partial charge < -0.3 is 14.2 Å². The van der Waals surface area contributed by atoms with Crippen LogP contribution in [0.1, 0.15) is 67.2 Å². The number of benzene rings is 1. The molecule has 3 aliphatic rings. The number of carbonyl (C=O) groups is 1. The molecule has 0 saturated heterocycles. The highest BCUT2D eigenvalue weighted by Crippen LogP contribution is 2.47. The van der Waals surface area contributed by atoms with Gasteiger partial charge in [-0.15, -0.1) is 0 Å². The number of carbonyl (C=O) groups excluding carboxylic acids is 1. The van der Waals surface area contributed by atoms with Crippen molar-refractivity contribution >= 4 is 23.2 Å². The van der Waals surface area contributed by atoms with Gasteiger partial charge in [0, 0.05) is 59.0 Å². The molecule has 198 valence electrons. The molecule has 0 fully saturated rings. The van der Waals surface area contributed by atoms with E-state index < -0.39 is 0 Å². The van der Waals surface area contributed by atoms with Crippen LogP contribution in [-0.4, -0.2) is 51.1 Å². The Labute approximate surface area is 230 Å². The van der Waals surface area contributed by atoms with E-state index in [1.165, 1.54) is 33.5 Å². The minimum atomic E-state index is -0.218. The summed E-state index contributed by atoms with van der Waals surface area (Å²) in [6.07, 6.45) is 11.1. The molecule has 3 aromatic rings. The van der Waals surface area contributed by atoms with Crippen LogP contribution in [0.5, 0.6) is 5.75 Å². The summed E-state index contributed by atoms with van der Waals surface area (Å²) in [6, 6.07) is 8.56. The highest BCUT2D eigenvalue weighted by Gasteiger charge is 2.38. The van der Waals surface area contributed by atoms with E-state index >= 15 is 0 Å². The largest absolute Gasteiger partial charge is 0.496 e. The summed E-state index contributed by atoms with van der Waals surface area (Å²) in [4.78, 5) is 20.8. The van der Waals surface area contributed by atoms with Crippen molar-refractivity contribution in [2.75, 3.05) is 25.2 Å². The lowest BCUT2D eigenvalue weighted by molar-refractivity contribution is 0.0558. The summed E-state index contributed by atoms with van der Waals surface area (Å²) in [6.45, 7) is 8.11. The van der Waals surface area contributed by atoms with E-state index in [1.54, 1.807) is 13.3 Å². The van der Waals surface area contributed by atoms with E-state index in [-0.39, 0.29) is 11.4 Å². The number of fused-ring (bicyclic) bond motifs is 5. The number of rotatable bonds is 3. The summed E-state index contributed by atoms with van der Waals surface area (Å²) >= 11 is 1.99. The molecule has 0 N–H and O–H groups in total. The molecule has 0 spiro atoms. The van der Waals surface area contributed by atoms with Crippen LogP contribution in [0.3, 0.4) is 0 Å². The number of ether oxygens (including phenoxy) is 1. The van der Waals surface area contributed by atoms with E-state index in [9.17, 15) is 4.79 Å². The highest BCUT2D eigenvalue weighted by atomic mass is 32.2. The fraction of sp³-hybridized carbons (Fsp3) is 0.438. The molecule has 6 rings (SSSR count). The predicted octanol–water partition coefficient (Wildman–Crippen LogP) is 6.88. The van der Waals surface area contributed by atoms with E-state index in [2.05, 4.69) is 59.5 Å². The smallest absolute Gasteiger partial charge is 0.271 e. The fourth-order valence-electron chi connectivity index (χ4n) is 6.40. The van der Waals surface area contributed by atoms with Gasteiger partial charge in [0.05, 0.1) is 12.8 Å². The summed E-state index contributed by atoms with van der Waals surface area (Å²) < 4.78 is 8.25. The number of methoxy groups -OCH3 is 1. The first-order valence-electron chi connectivity index (χ1n) is 13.8. The van der Waals surface area contributed by atoms with Gasteiger partial charge in [0.15, 0.2) is 0 Å². The molecule has 0 aliphatic carbocycles. The number of thioether (sulfide) groups is 1. The second-order valence-electron chi connectivity index (χ2n) is 11.5. The molecule has 5 heterocycles. The monoisotopic (exact) mass is 527 g/mol. The number of nitrogens with zero attached hydrogens (tertiary/aromatic N) is 3. The van der Waals surface area contributed by atoms with Gasteiger partial charge in [-0.25, -0.2) is 0 Å². The van der Waals surface area contributed by atoms with Crippen LogP contribution in [0.2, 0.25) is 0 Å². The number of amides is 1. The van der Waals surface area contributed by atoms with Crippen molar-refractivity contribution in [3.05, 3.63) is 65.1 Å². The minimum absolute atomic E-state index is 0.190. The number of allylic oxidation sites excluding steroid dienone is 1. The maximum Gasteiger partial charge on any atom is 0.271 e. The molecular formula is C32H37N3O2S. The molecule has 3 aliphatic heterocycles. The first kappa shape index (κ1) is 25.3. The summed E-state index contributed by atoms with van der Waals surface area (Å²) in [5.41, 5.74) is 10.5. The zero-order valence-electron chi connectivity index (χ0n) is 23.0. The zero-order chi connectivity index (χ0) is 26.4. The summed E-state index contributed by atoms with van der Waals surface area (Å²) in [5.74, 6) is 3.23. The second kappa shape index (κ2) is 9.96. The van der Waals surface area contributed by atoms with Gasteiger partial charge >= 0.3 is 0 Å². The lowest BCUT2D eigenvalue weighted by Gasteiger charge is -2.37. The number of pyridine rings is 1. The Balaban J connectivity index is 1.64. The van der Waals surface area contributed by atoms with Crippen LogP contribution < -0.4 is 4.74 Å². The number of hydrogen-bond donors (Lipinski definition) is 0. The second-order valence-corrected chi connectivity index (χ2v) is 12.7.